The first-order valence-corrected chi connectivity index (χ1v) is 6.47. The summed E-state index contributed by atoms with van der Waals surface area (Å²) in [5.41, 5.74) is 6.18. The second kappa shape index (κ2) is 5.48. The predicted molar refractivity (Wildman–Crippen MR) is 66.1 cm³/mol. The van der Waals surface area contributed by atoms with E-state index in [-0.39, 0.29) is 0 Å². The van der Waals surface area contributed by atoms with Crippen molar-refractivity contribution in [1.82, 2.24) is 9.55 Å². The predicted octanol–water partition coefficient (Wildman–Crippen LogP) is 2.26. The Labute approximate surface area is 98.1 Å². The summed E-state index contributed by atoms with van der Waals surface area (Å²) in [6.07, 6.45) is 12.8. The van der Waals surface area contributed by atoms with Crippen molar-refractivity contribution in [3.05, 3.63) is 18.2 Å². The number of imidazole rings is 1. The fourth-order valence-electron chi connectivity index (χ4n) is 2.74. The molecule has 3 nitrogen and oxygen atoms in total. The Balaban J connectivity index is 1.71. The van der Waals surface area contributed by atoms with Gasteiger partial charge < -0.3 is 10.3 Å². The normalized spacial score (nSPS) is 19.1. The van der Waals surface area contributed by atoms with Gasteiger partial charge in [0.25, 0.3) is 0 Å². The summed E-state index contributed by atoms with van der Waals surface area (Å²) in [5, 5.41) is 0. The zero-order valence-electron chi connectivity index (χ0n) is 10.2. The van der Waals surface area contributed by atoms with Crippen LogP contribution in [0.3, 0.4) is 0 Å². The van der Waals surface area contributed by atoms with Crippen LogP contribution in [0.4, 0.5) is 0 Å². The molecule has 1 aliphatic rings. The van der Waals surface area contributed by atoms with E-state index in [9.17, 15) is 0 Å². The molecule has 1 aliphatic carbocycles. The van der Waals surface area contributed by atoms with Crippen molar-refractivity contribution in [2.45, 2.75) is 51.0 Å². The van der Waals surface area contributed by atoms with Gasteiger partial charge in [0.15, 0.2) is 0 Å². The van der Waals surface area contributed by atoms with Crippen molar-refractivity contribution in [3.8, 4) is 0 Å². The maximum Gasteiger partial charge on any atom is 0.108 e. The largest absolute Gasteiger partial charge is 0.338 e. The van der Waals surface area contributed by atoms with Crippen molar-refractivity contribution in [2.24, 2.45) is 18.7 Å². The van der Waals surface area contributed by atoms with Crippen molar-refractivity contribution < 1.29 is 0 Å². The quantitative estimate of drug-likeness (QED) is 0.829. The van der Waals surface area contributed by atoms with Gasteiger partial charge in [-0.3, -0.25) is 0 Å². The van der Waals surface area contributed by atoms with Gasteiger partial charge in [-0.1, -0.05) is 25.7 Å². The number of rotatable bonds is 5. The second-order valence-electron chi connectivity index (χ2n) is 5.14. The van der Waals surface area contributed by atoms with E-state index in [1.807, 2.05) is 19.4 Å². The van der Waals surface area contributed by atoms with E-state index < -0.39 is 0 Å². The average molecular weight is 221 g/mol. The molecular weight excluding hydrogens is 198 g/mol. The van der Waals surface area contributed by atoms with Crippen LogP contribution in [0.1, 0.15) is 44.3 Å². The Morgan fingerprint density at radius 3 is 2.88 bits per heavy atom. The third-order valence-corrected chi connectivity index (χ3v) is 3.77. The fraction of sp³-hybridized carbons (Fsp3) is 0.769. The molecule has 0 spiro atoms. The molecule has 90 valence electrons. The van der Waals surface area contributed by atoms with Gasteiger partial charge in [-0.15, -0.1) is 0 Å². The first-order valence-electron chi connectivity index (χ1n) is 6.47. The van der Waals surface area contributed by atoms with Crippen molar-refractivity contribution >= 4 is 0 Å². The number of nitrogens with two attached hydrogens (primary N) is 1. The summed E-state index contributed by atoms with van der Waals surface area (Å²) in [6.45, 7) is 0. The third kappa shape index (κ3) is 3.08. The number of nitrogens with zero attached hydrogens (tertiary/aromatic N) is 2. The number of hydrogen-bond acceptors (Lipinski definition) is 2. The third-order valence-electron chi connectivity index (χ3n) is 3.77. The molecule has 0 aliphatic heterocycles. The van der Waals surface area contributed by atoms with Crippen molar-refractivity contribution in [2.75, 3.05) is 0 Å². The highest BCUT2D eigenvalue weighted by molar-refractivity contribution is 4.92. The lowest BCUT2D eigenvalue weighted by Gasteiger charge is -2.15. The molecule has 3 heteroatoms. The Morgan fingerprint density at radius 1 is 1.50 bits per heavy atom. The molecule has 0 aromatic carbocycles. The van der Waals surface area contributed by atoms with Crippen LogP contribution >= 0.6 is 0 Å². The van der Waals surface area contributed by atoms with Crippen LogP contribution in [-0.4, -0.2) is 15.6 Å². The lowest BCUT2D eigenvalue weighted by molar-refractivity contribution is 0.424. The first-order chi connectivity index (χ1) is 7.75. The Morgan fingerprint density at radius 2 is 2.25 bits per heavy atom. The zero-order chi connectivity index (χ0) is 11.4. The van der Waals surface area contributed by atoms with Crippen LogP contribution in [0.25, 0.3) is 0 Å². The maximum absolute atomic E-state index is 6.18. The van der Waals surface area contributed by atoms with Crippen molar-refractivity contribution in [3.63, 3.8) is 0 Å². The maximum atomic E-state index is 6.18. The smallest absolute Gasteiger partial charge is 0.108 e. The molecule has 16 heavy (non-hydrogen) atoms. The molecule has 1 saturated carbocycles. The molecule has 0 amide bonds. The molecule has 2 rings (SSSR count). The van der Waals surface area contributed by atoms with E-state index in [0.717, 1.165) is 24.6 Å². The highest BCUT2D eigenvalue weighted by atomic mass is 15.0. The van der Waals surface area contributed by atoms with E-state index in [2.05, 4.69) is 9.55 Å². The van der Waals surface area contributed by atoms with Crippen LogP contribution in [0.15, 0.2) is 12.4 Å². The molecule has 1 aromatic rings. The minimum atomic E-state index is 0.361. The second-order valence-corrected chi connectivity index (χ2v) is 5.14. The summed E-state index contributed by atoms with van der Waals surface area (Å²) < 4.78 is 2.09. The van der Waals surface area contributed by atoms with Gasteiger partial charge in [-0.2, -0.15) is 0 Å². The van der Waals surface area contributed by atoms with Gasteiger partial charge in [0, 0.05) is 31.9 Å². The highest BCUT2D eigenvalue weighted by Gasteiger charge is 2.18. The van der Waals surface area contributed by atoms with E-state index >= 15 is 0 Å². The summed E-state index contributed by atoms with van der Waals surface area (Å²) in [7, 11) is 2.05. The van der Waals surface area contributed by atoms with Crippen LogP contribution in [0.5, 0.6) is 0 Å². The standard InChI is InChI=1S/C13H23N3/c1-16-9-8-15-13(16)7-6-12(14)10-11-4-2-3-5-11/h8-9,11-12H,2-7,10,14H2,1H3. The zero-order valence-corrected chi connectivity index (χ0v) is 10.2. The molecule has 1 aromatic heterocycles. The first kappa shape index (κ1) is 11.6. The van der Waals surface area contributed by atoms with E-state index in [0.29, 0.717) is 6.04 Å². The van der Waals surface area contributed by atoms with Crippen LogP contribution in [-0.2, 0) is 13.5 Å². The SMILES string of the molecule is Cn1ccnc1CCC(N)CC1CCCC1. The topological polar surface area (TPSA) is 43.8 Å². The van der Waals surface area contributed by atoms with E-state index in [4.69, 9.17) is 5.73 Å². The molecule has 1 atom stereocenters. The Hall–Kier alpha value is -0.830. The van der Waals surface area contributed by atoms with Gasteiger partial charge in [-0.05, 0) is 18.8 Å². The lowest BCUT2D eigenvalue weighted by Crippen LogP contribution is -2.24. The highest BCUT2D eigenvalue weighted by Crippen LogP contribution is 2.28. The summed E-state index contributed by atoms with van der Waals surface area (Å²) in [6, 6.07) is 0.361. The minimum absolute atomic E-state index is 0.361. The van der Waals surface area contributed by atoms with E-state index in [1.165, 1.54) is 32.1 Å². The molecule has 1 heterocycles. The molecule has 0 radical (unpaired) electrons. The molecule has 0 bridgehead atoms. The molecule has 1 fully saturated rings. The number of aromatic nitrogens is 2. The van der Waals surface area contributed by atoms with Gasteiger partial charge in [-0.25, -0.2) is 4.98 Å². The Bertz CT molecular complexity index is 313. The molecular formula is C13H23N3. The monoisotopic (exact) mass is 221 g/mol. The van der Waals surface area contributed by atoms with Crippen LogP contribution < -0.4 is 5.73 Å². The van der Waals surface area contributed by atoms with Gasteiger partial charge in [0.05, 0.1) is 0 Å². The van der Waals surface area contributed by atoms with E-state index in [1.54, 1.807) is 0 Å². The van der Waals surface area contributed by atoms with Gasteiger partial charge in [0.2, 0.25) is 0 Å². The summed E-state index contributed by atoms with van der Waals surface area (Å²) in [5.74, 6) is 2.05. The molecule has 1 unspecified atom stereocenters. The number of hydrogen-bond donors (Lipinski definition) is 1. The average Bonchev–Trinajstić information content (AvgIpc) is 2.87. The van der Waals surface area contributed by atoms with Crippen LogP contribution in [0, 0.1) is 5.92 Å². The van der Waals surface area contributed by atoms with Crippen molar-refractivity contribution in [1.29, 1.82) is 0 Å². The van der Waals surface area contributed by atoms with Gasteiger partial charge in [0.1, 0.15) is 5.82 Å². The summed E-state index contributed by atoms with van der Waals surface area (Å²) >= 11 is 0. The van der Waals surface area contributed by atoms with Crippen LogP contribution in [0.2, 0.25) is 0 Å². The fourth-order valence-corrected chi connectivity index (χ4v) is 2.74. The van der Waals surface area contributed by atoms with Gasteiger partial charge >= 0.3 is 0 Å². The molecule has 0 saturated heterocycles. The summed E-state index contributed by atoms with van der Waals surface area (Å²) in [4.78, 5) is 4.33. The lowest BCUT2D eigenvalue weighted by atomic mass is 9.96. The Kier molecular flexibility index (Phi) is 3.99. The number of aryl methyl sites for hydroxylation is 2. The minimum Gasteiger partial charge on any atom is -0.338 e. The molecule has 2 N–H and O–H groups in total.